The second-order valence-corrected chi connectivity index (χ2v) is 2.90. The molecule has 1 saturated heterocycles. The largest absolute Gasteiger partial charge is 0.298 e. The number of likely N-dealkylation sites (tertiary alicyclic amines) is 1. The Morgan fingerprint density at radius 1 is 1.70 bits per heavy atom. The summed E-state index contributed by atoms with van der Waals surface area (Å²) in [5.74, 6) is 0.333. The van der Waals surface area contributed by atoms with E-state index in [1.807, 2.05) is 0 Å². The number of carbonyl (C=O) groups excluding carboxylic acids is 1. The van der Waals surface area contributed by atoms with Crippen LogP contribution in [0, 0.1) is 0 Å². The molecule has 1 fully saturated rings. The number of hydrogen-bond donors (Lipinski definition) is 0. The Labute approximate surface area is 62.2 Å². The van der Waals surface area contributed by atoms with Crippen molar-refractivity contribution in [2.75, 3.05) is 13.1 Å². The lowest BCUT2D eigenvalue weighted by Crippen LogP contribution is -2.34. The fourth-order valence-electron chi connectivity index (χ4n) is 1.67. The first-order valence-electron chi connectivity index (χ1n) is 4.00. The van der Waals surface area contributed by atoms with E-state index in [0.717, 1.165) is 19.5 Å². The minimum absolute atomic E-state index is 0.241. The van der Waals surface area contributed by atoms with Crippen LogP contribution in [0.1, 0.15) is 26.7 Å². The predicted molar refractivity (Wildman–Crippen MR) is 41.0 cm³/mol. The number of nitrogens with zero attached hydrogens (tertiary/aromatic N) is 1. The number of likely N-dealkylation sites (N-methyl/N-ethyl adjacent to an activating group) is 1. The molecule has 0 aliphatic carbocycles. The summed E-state index contributed by atoms with van der Waals surface area (Å²) in [4.78, 5) is 13.2. The van der Waals surface area contributed by atoms with Gasteiger partial charge in [0.2, 0.25) is 0 Å². The van der Waals surface area contributed by atoms with Crippen molar-refractivity contribution in [3.63, 3.8) is 0 Å². The van der Waals surface area contributed by atoms with E-state index in [0.29, 0.717) is 5.78 Å². The number of Topliss-reactive ketones (excluding diaryl/α,β-unsaturated/α-hetero) is 1. The topological polar surface area (TPSA) is 20.3 Å². The Kier molecular flexibility index (Phi) is 2.44. The van der Waals surface area contributed by atoms with Gasteiger partial charge in [-0.3, -0.25) is 9.69 Å². The van der Waals surface area contributed by atoms with Gasteiger partial charge in [-0.25, -0.2) is 0 Å². The van der Waals surface area contributed by atoms with Gasteiger partial charge >= 0.3 is 0 Å². The van der Waals surface area contributed by atoms with Crippen LogP contribution in [0.15, 0.2) is 0 Å². The van der Waals surface area contributed by atoms with Crippen molar-refractivity contribution >= 4 is 5.78 Å². The highest BCUT2D eigenvalue weighted by molar-refractivity contribution is 5.81. The summed E-state index contributed by atoms with van der Waals surface area (Å²) >= 11 is 0. The second kappa shape index (κ2) is 3.15. The fourth-order valence-corrected chi connectivity index (χ4v) is 1.67. The zero-order valence-electron chi connectivity index (χ0n) is 6.76. The summed E-state index contributed by atoms with van der Waals surface area (Å²) in [6.07, 6.45) is 2.27. The van der Waals surface area contributed by atoms with Gasteiger partial charge in [0, 0.05) is 0 Å². The Balaban J connectivity index is 2.50. The summed E-state index contributed by atoms with van der Waals surface area (Å²) in [7, 11) is 0. The van der Waals surface area contributed by atoms with Crippen molar-refractivity contribution in [2.45, 2.75) is 32.7 Å². The smallest absolute Gasteiger partial charge is 0.146 e. The molecule has 0 unspecified atom stereocenters. The molecule has 0 radical (unpaired) electrons. The maximum absolute atomic E-state index is 11.0. The van der Waals surface area contributed by atoms with E-state index < -0.39 is 0 Å². The molecule has 1 heterocycles. The third-order valence-corrected chi connectivity index (χ3v) is 2.24. The van der Waals surface area contributed by atoms with Crippen LogP contribution in [0.5, 0.6) is 0 Å². The number of rotatable bonds is 2. The van der Waals surface area contributed by atoms with Crippen molar-refractivity contribution < 1.29 is 4.79 Å². The SMILES string of the molecule is CCN1CCC[C@@H]1C(C)=O. The Bertz CT molecular complexity index is 133. The van der Waals surface area contributed by atoms with Crippen LogP contribution < -0.4 is 0 Å². The molecule has 1 aliphatic rings. The van der Waals surface area contributed by atoms with Crippen LogP contribution in [0.4, 0.5) is 0 Å². The summed E-state index contributed by atoms with van der Waals surface area (Å²) in [5.41, 5.74) is 0. The highest BCUT2D eigenvalue weighted by Gasteiger charge is 2.25. The van der Waals surface area contributed by atoms with Gasteiger partial charge in [0.15, 0.2) is 0 Å². The standard InChI is InChI=1S/C8H15NO/c1-3-9-6-4-5-8(9)7(2)10/h8H,3-6H2,1-2H3/t8-/m1/s1. The molecule has 0 saturated carbocycles. The third-order valence-electron chi connectivity index (χ3n) is 2.24. The van der Waals surface area contributed by atoms with Gasteiger partial charge < -0.3 is 0 Å². The lowest BCUT2D eigenvalue weighted by Gasteiger charge is -2.19. The summed E-state index contributed by atoms with van der Waals surface area (Å²) in [6, 6.07) is 0.241. The average molecular weight is 141 g/mol. The molecule has 2 heteroatoms. The first-order valence-corrected chi connectivity index (χ1v) is 4.00. The number of carbonyl (C=O) groups is 1. The maximum atomic E-state index is 11.0. The number of ketones is 1. The molecule has 0 aromatic heterocycles. The van der Waals surface area contributed by atoms with Gasteiger partial charge in [-0.15, -0.1) is 0 Å². The van der Waals surface area contributed by atoms with Crippen molar-refractivity contribution in [3.8, 4) is 0 Å². The van der Waals surface area contributed by atoms with Crippen LogP contribution in [0.25, 0.3) is 0 Å². The second-order valence-electron chi connectivity index (χ2n) is 2.90. The van der Waals surface area contributed by atoms with Crippen molar-refractivity contribution in [1.29, 1.82) is 0 Å². The van der Waals surface area contributed by atoms with Gasteiger partial charge in [-0.2, -0.15) is 0 Å². The minimum atomic E-state index is 0.241. The van der Waals surface area contributed by atoms with E-state index in [1.165, 1.54) is 6.42 Å². The lowest BCUT2D eigenvalue weighted by molar-refractivity contribution is -0.121. The van der Waals surface area contributed by atoms with E-state index in [2.05, 4.69) is 11.8 Å². The predicted octanol–water partition coefficient (Wildman–Crippen LogP) is 1.06. The van der Waals surface area contributed by atoms with Crippen LogP contribution >= 0.6 is 0 Å². The Morgan fingerprint density at radius 2 is 2.40 bits per heavy atom. The summed E-state index contributed by atoms with van der Waals surface area (Å²) < 4.78 is 0. The monoisotopic (exact) mass is 141 g/mol. The molecule has 0 spiro atoms. The lowest BCUT2D eigenvalue weighted by atomic mass is 10.1. The molecule has 58 valence electrons. The molecule has 2 nitrogen and oxygen atoms in total. The molecule has 0 bridgehead atoms. The minimum Gasteiger partial charge on any atom is -0.298 e. The summed E-state index contributed by atoms with van der Waals surface area (Å²) in [6.45, 7) is 5.94. The molecule has 10 heavy (non-hydrogen) atoms. The highest BCUT2D eigenvalue weighted by atomic mass is 16.1. The third kappa shape index (κ3) is 1.37. The molecule has 0 N–H and O–H groups in total. The van der Waals surface area contributed by atoms with E-state index in [9.17, 15) is 4.79 Å². The molecule has 0 amide bonds. The molecular formula is C8H15NO. The van der Waals surface area contributed by atoms with Crippen LogP contribution in [-0.4, -0.2) is 29.8 Å². The molecule has 1 rings (SSSR count). The van der Waals surface area contributed by atoms with Crippen LogP contribution in [-0.2, 0) is 4.79 Å². The zero-order valence-corrected chi connectivity index (χ0v) is 6.76. The summed E-state index contributed by atoms with van der Waals surface area (Å²) in [5, 5.41) is 0. The van der Waals surface area contributed by atoms with Crippen LogP contribution in [0.3, 0.4) is 0 Å². The maximum Gasteiger partial charge on any atom is 0.146 e. The molecule has 1 atom stereocenters. The average Bonchev–Trinajstić information content (AvgIpc) is 2.33. The van der Waals surface area contributed by atoms with E-state index in [4.69, 9.17) is 0 Å². The molecule has 0 aromatic carbocycles. The van der Waals surface area contributed by atoms with Gasteiger partial charge in [-0.1, -0.05) is 6.92 Å². The molecule has 0 aromatic rings. The highest BCUT2D eigenvalue weighted by Crippen LogP contribution is 2.16. The fraction of sp³-hybridized carbons (Fsp3) is 0.875. The van der Waals surface area contributed by atoms with E-state index in [1.54, 1.807) is 6.92 Å². The van der Waals surface area contributed by atoms with Gasteiger partial charge in [0.1, 0.15) is 5.78 Å². The van der Waals surface area contributed by atoms with Crippen LogP contribution in [0.2, 0.25) is 0 Å². The van der Waals surface area contributed by atoms with Gasteiger partial charge in [0.25, 0.3) is 0 Å². The van der Waals surface area contributed by atoms with Gasteiger partial charge in [0.05, 0.1) is 6.04 Å². The molecular weight excluding hydrogens is 126 g/mol. The van der Waals surface area contributed by atoms with Gasteiger partial charge in [-0.05, 0) is 32.9 Å². The Morgan fingerprint density at radius 3 is 2.80 bits per heavy atom. The number of hydrogen-bond acceptors (Lipinski definition) is 2. The van der Waals surface area contributed by atoms with Crippen molar-refractivity contribution in [2.24, 2.45) is 0 Å². The zero-order chi connectivity index (χ0) is 7.56. The Hall–Kier alpha value is -0.370. The molecule has 1 aliphatic heterocycles. The first-order chi connectivity index (χ1) is 4.75. The quantitative estimate of drug-likeness (QED) is 0.573. The normalized spacial score (nSPS) is 27.2. The van der Waals surface area contributed by atoms with Crippen molar-refractivity contribution in [3.05, 3.63) is 0 Å². The van der Waals surface area contributed by atoms with E-state index in [-0.39, 0.29) is 6.04 Å². The first kappa shape index (κ1) is 7.73. The van der Waals surface area contributed by atoms with Crippen molar-refractivity contribution in [1.82, 2.24) is 4.90 Å². The van der Waals surface area contributed by atoms with E-state index >= 15 is 0 Å².